The Morgan fingerprint density at radius 1 is 0.960 bits per heavy atom. The van der Waals surface area contributed by atoms with Crippen molar-refractivity contribution in [3.8, 4) is 11.5 Å². The number of hydrogen-bond acceptors (Lipinski definition) is 5. The van der Waals surface area contributed by atoms with Gasteiger partial charge < -0.3 is 14.8 Å². The van der Waals surface area contributed by atoms with Gasteiger partial charge in [0.25, 0.3) is 10.0 Å². The quantitative estimate of drug-likeness (QED) is 0.907. The van der Waals surface area contributed by atoms with Crippen LogP contribution in [0.5, 0.6) is 11.5 Å². The van der Waals surface area contributed by atoms with Gasteiger partial charge in [-0.1, -0.05) is 6.07 Å². The van der Waals surface area contributed by atoms with Crippen molar-refractivity contribution in [3.63, 3.8) is 0 Å². The van der Waals surface area contributed by atoms with Gasteiger partial charge in [0, 0.05) is 17.3 Å². The highest BCUT2D eigenvalue weighted by molar-refractivity contribution is 8.00. The van der Waals surface area contributed by atoms with Crippen LogP contribution in [0.3, 0.4) is 0 Å². The molecule has 0 atom stereocenters. The molecule has 1 aliphatic rings. The highest BCUT2D eigenvalue weighted by Gasteiger charge is 2.31. The van der Waals surface area contributed by atoms with E-state index in [1.807, 2.05) is 18.2 Å². The molecule has 2 aromatic carbocycles. The van der Waals surface area contributed by atoms with E-state index in [1.54, 1.807) is 51.5 Å². The van der Waals surface area contributed by atoms with Gasteiger partial charge in [0.1, 0.15) is 22.2 Å². The summed E-state index contributed by atoms with van der Waals surface area (Å²) in [6.45, 7) is 1.73. The van der Waals surface area contributed by atoms with E-state index in [4.69, 9.17) is 9.47 Å². The molecule has 0 aliphatic carbocycles. The van der Waals surface area contributed by atoms with Crippen molar-refractivity contribution in [1.29, 1.82) is 0 Å². The second kappa shape index (κ2) is 6.60. The number of anilines is 1. The molecule has 7 heteroatoms. The van der Waals surface area contributed by atoms with Crippen LogP contribution in [0.15, 0.2) is 58.5 Å². The largest absolute Gasteiger partial charge is 0.497 e. The predicted molar refractivity (Wildman–Crippen MR) is 98.6 cm³/mol. The maximum Gasteiger partial charge on any atom is 0.285 e. The summed E-state index contributed by atoms with van der Waals surface area (Å²) in [6.07, 6.45) is 0. The van der Waals surface area contributed by atoms with Crippen molar-refractivity contribution in [2.45, 2.75) is 6.92 Å². The number of rotatable bonds is 4. The van der Waals surface area contributed by atoms with Crippen LogP contribution in [0.1, 0.15) is 12.5 Å². The van der Waals surface area contributed by atoms with E-state index in [0.29, 0.717) is 34.2 Å². The Bertz CT molecular complexity index is 961. The topological polar surface area (TPSA) is 77.0 Å². The summed E-state index contributed by atoms with van der Waals surface area (Å²) in [5, 5.41) is 3.05. The van der Waals surface area contributed by atoms with Crippen LogP contribution >= 0.6 is 0 Å². The number of ether oxygens (including phenoxy) is 2. The second-order valence-electron chi connectivity index (χ2n) is 5.45. The molecule has 0 radical (unpaired) electrons. The number of amidine groups is 1. The maximum atomic E-state index is 12.5. The summed E-state index contributed by atoms with van der Waals surface area (Å²) < 4.78 is 39.2. The predicted octanol–water partition coefficient (Wildman–Crippen LogP) is 3.29. The summed E-state index contributed by atoms with van der Waals surface area (Å²) >= 11 is 0. The molecule has 1 aliphatic heterocycles. The zero-order valence-electron chi connectivity index (χ0n) is 14.1. The van der Waals surface area contributed by atoms with Crippen LogP contribution in [0.25, 0.3) is 4.91 Å². The first kappa shape index (κ1) is 17.0. The molecule has 1 heterocycles. The molecule has 1 N–H and O–H groups in total. The average Bonchev–Trinajstić information content (AvgIpc) is 2.83. The van der Waals surface area contributed by atoms with Gasteiger partial charge in [0.15, 0.2) is 0 Å². The Morgan fingerprint density at radius 2 is 1.64 bits per heavy atom. The molecule has 0 amide bonds. The Morgan fingerprint density at radius 3 is 2.28 bits per heavy atom. The number of nitrogens with zero attached hydrogens (tertiary/aromatic N) is 1. The van der Waals surface area contributed by atoms with E-state index >= 15 is 0 Å². The molecule has 0 saturated carbocycles. The minimum absolute atomic E-state index is 0.195. The van der Waals surface area contributed by atoms with Crippen molar-refractivity contribution in [1.82, 2.24) is 0 Å². The number of sulfonamides is 1. The molecule has 0 aromatic heterocycles. The molecule has 0 unspecified atom stereocenters. The lowest BCUT2D eigenvalue weighted by Gasteiger charge is -2.08. The molecule has 6 nitrogen and oxygen atoms in total. The van der Waals surface area contributed by atoms with Gasteiger partial charge in [-0.2, -0.15) is 8.42 Å². The van der Waals surface area contributed by atoms with E-state index < -0.39 is 10.0 Å². The normalized spacial score (nSPS) is 15.7. The Labute approximate surface area is 146 Å². The number of hydrogen-bond donors (Lipinski definition) is 1. The second-order valence-corrected chi connectivity index (χ2v) is 7.00. The molecular formula is C18H18N2O4S. The van der Waals surface area contributed by atoms with Crippen molar-refractivity contribution in [2.75, 3.05) is 19.5 Å². The van der Waals surface area contributed by atoms with Crippen molar-refractivity contribution < 1.29 is 17.9 Å². The summed E-state index contributed by atoms with van der Waals surface area (Å²) in [7, 11) is -0.627. The van der Waals surface area contributed by atoms with Crippen molar-refractivity contribution >= 4 is 26.5 Å². The molecule has 0 fully saturated rings. The van der Waals surface area contributed by atoms with Gasteiger partial charge in [-0.3, -0.25) is 0 Å². The van der Waals surface area contributed by atoms with Crippen LogP contribution in [-0.2, 0) is 10.0 Å². The molecule has 0 spiro atoms. The van der Waals surface area contributed by atoms with Crippen molar-refractivity contribution in [2.24, 2.45) is 4.40 Å². The minimum Gasteiger partial charge on any atom is -0.497 e. The molecule has 130 valence electrons. The zero-order valence-corrected chi connectivity index (χ0v) is 14.9. The number of benzene rings is 2. The Kier molecular flexibility index (Phi) is 4.50. The molecule has 3 rings (SSSR count). The first-order valence-corrected chi connectivity index (χ1v) is 9.00. The first-order chi connectivity index (χ1) is 11.9. The van der Waals surface area contributed by atoms with Crippen LogP contribution in [-0.4, -0.2) is 28.5 Å². The summed E-state index contributed by atoms with van der Waals surface area (Å²) in [4.78, 5) is 0.195. The molecule has 0 bridgehead atoms. The molecule has 0 saturated heterocycles. The van der Waals surface area contributed by atoms with Gasteiger partial charge in [0.05, 0.1) is 14.2 Å². The molecule has 25 heavy (non-hydrogen) atoms. The van der Waals surface area contributed by atoms with E-state index in [1.165, 1.54) is 0 Å². The summed E-state index contributed by atoms with van der Waals surface area (Å²) in [5.41, 5.74) is 1.83. The smallest absolute Gasteiger partial charge is 0.285 e. The maximum absolute atomic E-state index is 12.5. The fourth-order valence-electron chi connectivity index (χ4n) is 2.60. The monoisotopic (exact) mass is 358 g/mol. The van der Waals surface area contributed by atoms with Crippen LogP contribution < -0.4 is 14.8 Å². The molecular weight excluding hydrogens is 340 g/mol. The third-order valence-corrected chi connectivity index (χ3v) is 5.33. The summed E-state index contributed by atoms with van der Waals surface area (Å²) in [5.74, 6) is 1.63. The third kappa shape index (κ3) is 3.36. The minimum atomic E-state index is -3.76. The molecule has 2 aromatic rings. The summed E-state index contributed by atoms with van der Waals surface area (Å²) in [6, 6.07) is 14.1. The first-order valence-electron chi connectivity index (χ1n) is 7.56. The highest BCUT2D eigenvalue weighted by Crippen LogP contribution is 2.34. The lowest BCUT2D eigenvalue weighted by Crippen LogP contribution is -2.11. The fraction of sp³-hybridized carbons (Fsp3) is 0.167. The Balaban J connectivity index is 1.97. The van der Waals surface area contributed by atoms with Gasteiger partial charge in [-0.25, -0.2) is 0 Å². The lowest BCUT2D eigenvalue weighted by atomic mass is 10.1. The number of methoxy groups -OCH3 is 2. The van der Waals surface area contributed by atoms with Crippen molar-refractivity contribution in [3.05, 3.63) is 59.7 Å². The van der Waals surface area contributed by atoms with Gasteiger partial charge in [-0.15, -0.1) is 4.40 Å². The van der Waals surface area contributed by atoms with Crippen LogP contribution in [0, 0.1) is 0 Å². The van der Waals surface area contributed by atoms with Crippen LogP contribution in [0.2, 0.25) is 0 Å². The van der Waals surface area contributed by atoms with E-state index in [9.17, 15) is 8.42 Å². The van der Waals surface area contributed by atoms with Gasteiger partial charge >= 0.3 is 0 Å². The number of nitrogens with one attached hydrogen (secondary N) is 1. The van der Waals surface area contributed by atoms with Crippen LogP contribution in [0.4, 0.5) is 5.69 Å². The standard InChI is InChI=1S/C18H18N2O4S/c1-12-17(13-7-9-15(23-2)10-8-13)25(21,22)20-18(12)19-14-5-4-6-16(11-14)24-3/h4-11H,1-3H3,(H,19,20). The van der Waals surface area contributed by atoms with E-state index in [2.05, 4.69) is 9.71 Å². The van der Waals surface area contributed by atoms with Gasteiger partial charge in [-0.05, 0) is 48.9 Å². The van der Waals surface area contributed by atoms with E-state index in [0.717, 1.165) is 0 Å². The average molecular weight is 358 g/mol. The lowest BCUT2D eigenvalue weighted by molar-refractivity contribution is 0.414. The third-order valence-electron chi connectivity index (χ3n) is 3.85. The highest BCUT2D eigenvalue weighted by atomic mass is 32.2. The van der Waals surface area contributed by atoms with E-state index in [-0.39, 0.29) is 4.91 Å². The zero-order chi connectivity index (χ0) is 18.0. The fourth-order valence-corrected chi connectivity index (χ4v) is 4.03. The Hall–Kier alpha value is -2.80. The van der Waals surface area contributed by atoms with Gasteiger partial charge in [0.2, 0.25) is 0 Å². The SMILES string of the molecule is COc1ccc(C2=C(C)C(Nc3cccc(OC)c3)=NS2(=O)=O)cc1.